The van der Waals surface area contributed by atoms with Crippen LogP contribution in [0, 0.1) is 0 Å². The van der Waals surface area contributed by atoms with E-state index in [1.54, 1.807) is 95.4 Å². The first-order chi connectivity index (χ1) is 23.6. The van der Waals surface area contributed by atoms with Crippen molar-refractivity contribution in [1.29, 1.82) is 0 Å². The summed E-state index contributed by atoms with van der Waals surface area (Å²) in [7, 11) is 0. The highest BCUT2D eigenvalue weighted by Gasteiger charge is 2.31. The maximum Gasteiger partial charge on any atom is 0.408 e. The van der Waals surface area contributed by atoms with Crippen LogP contribution in [0.4, 0.5) is 9.59 Å². The SMILES string of the molecule is CC(C)(C)OC(=O)N[C@@H](Cc1nc(C(N)=O)cs1)C(=O)OC(C)(C)C.CCOC(=O)c1csc(C[C@H](NC(=O)OC(C)(C)C)C(=O)OC(C)(C)C)n1. The summed E-state index contributed by atoms with van der Waals surface area (Å²) in [5.41, 5.74) is 2.60. The van der Waals surface area contributed by atoms with Crippen molar-refractivity contribution in [2.75, 3.05) is 6.61 Å². The summed E-state index contributed by atoms with van der Waals surface area (Å²) < 4.78 is 26.0. The molecule has 0 radical (unpaired) electrons. The Hall–Kier alpha value is -4.32. The van der Waals surface area contributed by atoms with E-state index in [4.69, 9.17) is 29.4 Å². The molecule has 0 unspecified atom stereocenters. The minimum atomic E-state index is -1.000. The first-order valence-electron chi connectivity index (χ1n) is 16.4. The van der Waals surface area contributed by atoms with Crippen LogP contribution >= 0.6 is 22.7 Å². The van der Waals surface area contributed by atoms with E-state index in [0.717, 1.165) is 0 Å². The van der Waals surface area contributed by atoms with Gasteiger partial charge in [0.05, 0.1) is 16.6 Å². The summed E-state index contributed by atoms with van der Waals surface area (Å²) in [6.07, 6.45) is -1.35. The number of rotatable bonds is 11. The van der Waals surface area contributed by atoms with Gasteiger partial charge < -0.3 is 40.1 Å². The Morgan fingerprint density at radius 3 is 1.29 bits per heavy atom. The van der Waals surface area contributed by atoms with Gasteiger partial charge in [0.25, 0.3) is 5.91 Å². The number of nitrogens with two attached hydrogens (primary N) is 1. The van der Waals surface area contributed by atoms with Crippen molar-refractivity contribution >= 4 is 58.7 Å². The lowest BCUT2D eigenvalue weighted by atomic mass is 10.1. The van der Waals surface area contributed by atoms with Crippen molar-refractivity contribution in [1.82, 2.24) is 20.6 Å². The van der Waals surface area contributed by atoms with Crippen molar-refractivity contribution in [3.05, 3.63) is 32.2 Å². The van der Waals surface area contributed by atoms with Gasteiger partial charge in [0.15, 0.2) is 5.69 Å². The average molecular weight is 772 g/mol. The fourth-order valence-electron chi connectivity index (χ4n) is 3.60. The van der Waals surface area contributed by atoms with Gasteiger partial charge in [0.1, 0.15) is 40.2 Å². The molecule has 3 amide bonds. The lowest BCUT2D eigenvalue weighted by Gasteiger charge is -2.25. The second-order valence-electron chi connectivity index (χ2n) is 15.2. The standard InChI is InChI=1S/C18H28N2O6S.C16H25N3O5S/c1-8-24-14(21)12-10-27-13(19-12)9-11(15(22)25-17(2,3)4)20-16(23)26-18(5,6)7;1-15(2,3)23-13(21)9(19-14(22)24-16(4,5)6)7-11-18-10(8-25-11)12(17)20/h10-11H,8-9H2,1-7H3,(H,20,23);8-9H,7H2,1-6H3,(H2,17,20)(H,19,22)/t11-;9-/m00/s1. The van der Waals surface area contributed by atoms with Crippen LogP contribution in [0.5, 0.6) is 0 Å². The number of hydrogen-bond acceptors (Lipinski definition) is 15. The van der Waals surface area contributed by atoms with Crippen LogP contribution in [0.15, 0.2) is 10.8 Å². The third kappa shape index (κ3) is 19.3. The van der Waals surface area contributed by atoms with Gasteiger partial charge in [-0.25, -0.2) is 33.9 Å². The summed E-state index contributed by atoms with van der Waals surface area (Å²) in [6.45, 7) is 22.6. The van der Waals surface area contributed by atoms with E-state index in [0.29, 0.717) is 10.0 Å². The molecule has 0 aliphatic carbocycles. The van der Waals surface area contributed by atoms with E-state index in [2.05, 4.69) is 20.6 Å². The Bertz CT molecular complexity index is 1540. The molecule has 0 fully saturated rings. The molecule has 292 valence electrons. The predicted molar refractivity (Wildman–Crippen MR) is 194 cm³/mol. The molecule has 0 bridgehead atoms. The Morgan fingerprint density at radius 2 is 0.981 bits per heavy atom. The number of nitrogens with one attached hydrogen (secondary N) is 2. The second-order valence-corrected chi connectivity index (χ2v) is 17.1. The summed E-state index contributed by atoms with van der Waals surface area (Å²) in [4.78, 5) is 80.1. The van der Waals surface area contributed by atoms with Crippen LogP contribution in [0.2, 0.25) is 0 Å². The molecule has 16 nitrogen and oxygen atoms in total. The normalized spacial score (nSPS) is 12.9. The van der Waals surface area contributed by atoms with Crippen LogP contribution in [-0.4, -0.2) is 87.1 Å². The summed E-state index contributed by atoms with van der Waals surface area (Å²) >= 11 is 2.37. The highest BCUT2D eigenvalue weighted by molar-refractivity contribution is 7.10. The fraction of sp³-hybridized carbons (Fsp3) is 0.647. The van der Waals surface area contributed by atoms with Crippen molar-refractivity contribution in [3.63, 3.8) is 0 Å². The number of esters is 3. The monoisotopic (exact) mass is 771 g/mol. The average Bonchev–Trinajstić information content (AvgIpc) is 3.59. The quantitative estimate of drug-likeness (QED) is 0.200. The first kappa shape index (κ1) is 45.7. The minimum Gasteiger partial charge on any atom is -0.461 e. The molecule has 2 aromatic heterocycles. The molecule has 0 aliphatic rings. The van der Waals surface area contributed by atoms with E-state index in [-0.39, 0.29) is 30.8 Å². The molecule has 2 atom stereocenters. The van der Waals surface area contributed by atoms with Gasteiger partial charge in [-0.2, -0.15) is 0 Å². The van der Waals surface area contributed by atoms with Crippen molar-refractivity contribution in [3.8, 4) is 0 Å². The molecule has 2 rings (SSSR count). The Balaban J connectivity index is 0.000000522. The van der Waals surface area contributed by atoms with E-state index in [9.17, 15) is 28.8 Å². The largest absolute Gasteiger partial charge is 0.461 e. The molecule has 18 heteroatoms. The van der Waals surface area contributed by atoms with Gasteiger partial charge in [-0.05, 0) is 90.0 Å². The van der Waals surface area contributed by atoms with Gasteiger partial charge in [0.2, 0.25) is 0 Å². The van der Waals surface area contributed by atoms with Crippen LogP contribution < -0.4 is 16.4 Å². The minimum absolute atomic E-state index is 0.0616. The smallest absolute Gasteiger partial charge is 0.408 e. The van der Waals surface area contributed by atoms with E-state index in [1.165, 1.54) is 28.1 Å². The molecule has 0 saturated heterocycles. The summed E-state index contributed by atoms with van der Waals surface area (Å²) in [6, 6.07) is -2.00. The van der Waals surface area contributed by atoms with Crippen molar-refractivity contribution in [2.45, 2.75) is 137 Å². The molecule has 0 spiro atoms. The molecule has 4 N–H and O–H groups in total. The lowest BCUT2D eigenvalue weighted by Crippen LogP contribution is -2.47. The molecular formula is C34H53N5O11S2. The topological polar surface area (TPSA) is 224 Å². The zero-order chi connectivity index (χ0) is 40.2. The zero-order valence-corrected chi connectivity index (χ0v) is 33.8. The molecule has 52 heavy (non-hydrogen) atoms. The predicted octanol–water partition coefficient (Wildman–Crippen LogP) is 5.12. The van der Waals surface area contributed by atoms with Crippen LogP contribution in [0.25, 0.3) is 0 Å². The second kappa shape index (κ2) is 19.0. The van der Waals surface area contributed by atoms with E-state index < -0.39 is 70.5 Å². The van der Waals surface area contributed by atoms with Crippen LogP contribution in [-0.2, 0) is 46.1 Å². The first-order valence-corrected chi connectivity index (χ1v) is 18.1. The van der Waals surface area contributed by atoms with Crippen molar-refractivity contribution in [2.24, 2.45) is 5.73 Å². The molecule has 0 aliphatic heterocycles. The van der Waals surface area contributed by atoms with E-state index in [1.807, 2.05) is 0 Å². The number of alkyl carbamates (subject to hydrolysis) is 2. The number of carbonyl (C=O) groups excluding carboxylic acids is 6. The maximum atomic E-state index is 12.5. The van der Waals surface area contributed by atoms with Gasteiger partial charge in [0, 0.05) is 23.6 Å². The highest BCUT2D eigenvalue weighted by Crippen LogP contribution is 2.18. The van der Waals surface area contributed by atoms with Gasteiger partial charge in [-0.3, -0.25) is 4.79 Å². The molecule has 0 saturated carbocycles. The van der Waals surface area contributed by atoms with Crippen LogP contribution in [0.1, 0.15) is 121 Å². The Kier molecular flexibility index (Phi) is 16.7. The number of hydrogen-bond donors (Lipinski definition) is 3. The number of nitrogens with zero attached hydrogens (tertiary/aromatic N) is 2. The summed E-state index contributed by atoms with van der Waals surface area (Å²) in [5.74, 6) is -2.42. The molecule has 2 aromatic rings. The number of thiazole rings is 2. The number of amides is 3. The summed E-state index contributed by atoms with van der Waals surface area (Å²) in [5, 5.41) is 9.03. The maximum absolute atomic E-state index is 12.5. The number of carbonyl (C=O) groups is 6. The Labute approximate surface area is 312 Å². The number of primary amides is 1. The lowest BCUT2D eigenvalue weighted by molar-refractivity contribution is -0.158. The van der Waals surface area contributed by atoms with Gasteiger partial charge >= 0.3 is 30.1 Å². The molecule has 2 heterocycles. The van der Waals surface area contributed by atoms with Gasteiger partial charge in [-0.1, -0.05) is 0 Å². The Morgan fingerprint density at radius 1 is 0.635 bits per heavy atom. The van der Waals surface area contributed by atoms with Gasteiger partial charge in [-0.15, -0.1) is 22.7 Å². The molecule has 0 aromatic carbocycles. The van der Waals surface area contributed by atoms with E-state index >= 15 is 0 Å². The van der Waals surface area contributed by atoms with Crippen LogP contribution in [0.3, 0.4) is 0 Å². The molecular weight excluding hydrogens is 719 g/mol. The number of aromatic nitrogens is 2. The third-order valence-corrected chi connectivity index (χ3v) is 7.10. The third-order valence-electron chi connectivity index (χ3n) is 5.36. The highest BCUT2D eigenvalue weighted by atomic mass is 32.1. The zero-order valence-electron chi connectivity index (χ0n) is 32.2. The fourth-order valence-corrected chi connectivity index (χ4v) is 5.24. The number of ether oxygens (including phenoxy) is 5. The van der Waals surface area contributed by atoms with Crippen molar-refractivity contribution < 1.29 is 52.5 Å².